The Kier molecular flexibility index (Phi) is 5.36. The van der Waals surface area contributed by atoms with E-state index in [9.17, 15) is 8.42 Å². The first-order chi connectivity index (χ1) is 9.53. The monoisotopic (exact) mass is 320 g/mol. The summed E-state index contributed by atoms with van der Waals surface area (Å²) in [5.41, 5.74) is 6.11. The number of sulfonamides is 1. The maximum Gasteiger partial charge on any atom is 0.240 e. The first kappa shape index (κ1) is 15.7. The Hall–Kier alpha value is -0.700. The highest BCUT2D eigenvalue weighted by Gasteiger charge is 2.20. The molecule has 112 valence electrons. The SMILES string of the molecule is NCc1cc(S(=O)(=O)NCC2COCCO2)ccc1Cl. The molecule has 0 radical (unpaired) electrons. The summed E-state index contributed by atoms with van der Waals surface area (Å²) in [6, 6.07) is 4.45. The summed E-state index contributed by atoms with van der Waals surface area (Å²) in [6.45, 7) is 1.76. The van der Waals surface area contributed by atoms with Gasteiger partial charge in [-0.15, -0.1) is 0 Å². The van der Waals surface area contributed by atoms with Crippen molar-refractivity contribution >= 4 is 21.6 Å². The van der Waals surface area contributed by atoms with Gasteiger partial charge in [0.2, 0.25) is 10.0 Å². The lowest BCUT2D eigenvalue weighted by molar-refractivity contribution is -0.0846. The molecule has 3 N–H and O–H groups in total. The van der Waals surface area contributed by atoms with Gasteiger partial charge < -0.3 is 15.2 Å². The number of nitrogens with two attached hydrogens (primary N) is 1. The summed E-state index contributed by atoms with van der Waals surface area (Å²) < 4.78 is 37.4. The van der Waals surface area contributed by atoms with Gasteiger partial charge >= 0.3 is 0 Å². The molecule has 0 aliphatic carbocycles. The van der Waals surface area contributed by atoms with Gasteiger partial charge in [0, 0.05) is 18.1 Å². The van der Waals surface area contributed by atoms with Crippen molar-refractivity contribution in [3.05, 3.63) is 28.8 Å². The Balaban J connectivity index is 2.05. The summed E-state index contributed by atoms with van der Waals surface area (Å²) in [5.74, 6) is 0. The van der Waals surface area contributed by atoms with Crippen molar-refractivity contribution in [2.75, 3.05) is 26.4 Å². The molecule has 1 aliphatic rings. The lowest BCUT2D eigenvalue weighted by Gasteiger charge is -2.23. The van der Waals surface area contributed by atoms with Crippen molar-refractivity contribution in [1.82, 2.24) is 4.72 Å². The van der Waals surface area contributed by atoms with E-state index >= 15 is 0 Å². The molecule has 1 saturated heterocycles. The van der Waals surface area contributed by atoms with Crippen LogP contribution < -0.4 is 10.5 Å². The number of benzene rings is 1. The minimum atomic E-state index is -3.61. The first-order valence-electron chi connectivity index (χ1n) is 6.20. The third kappa shape index (κ3) is 3.91. The van der Waals surface area contributed by atoms with Gasteiger partial charge in [-0.2, -0.15) is 0 Å². The van der Waals surface area contributed by atoms with Crippen LogP contribution in [0.3, 0.4) is 0 Å². The molecule has 2 rings (SSSR count). The maximum absolute atomic E-state index is 12.2. The summed E-state index contributed by atoms with van der Waals surface area (Å²) in [4.78, 5) is 0.138. The van der Waals surface area contributed by atoms with E-state index in [1.165, 1.54) is 18.2 Å². The summed E-state index contributed by atoms with van der Waals surface area (Å²) >= 11 is 5.91. The van der Waals surface area contributed by atoms with Gasteiger partial charge in [-0.1, -0.05) is 11.6 Å². The number of hydrogen-bond donors (Lipinski definition) is 2. The van der Waals surface area contributed by atoms with Crippen LogP contribution in [-0.2, 0) is 26.0 Å². The molecule has 0 spiro atoms. The van der Waals surface area contributed by atoms with Gasteiger partial charge in [-0.05, 0) is 23.8 Å². The quantitative estimate of drug-likeness (QED) is 0.824. The highest BCUT2D eigenvalue weighted by molar-refractivity contribution is 7.89. The van der Waals surface area contributed by atoms with Crippen molar-refractivity contribution in [1.29, 1.82) is 0 Å². The average molecular weight is 321 g/mol. The Morgan fingerprint density at radius 1 is 1.40 bits per heavy atom. The Morgan fingerprint density at radius 2 is 2.20 bits per heavy atom. The lowest BCUT2D eigenvalue weighted by Crippen LogP contribution is -2.39. The van der Waals surface area contributed by atoms with Crippen LogP contribution in [-0.4, -0.2) is 40.9 Å². The van der Waals surface area contributed by atoms with E-state index in [1.807, 2.05) is 0 Å². The molecule has 1 fully saturated rings. The maximum atomic E-state index is 12.2. The summed E-state index contributed by atoms with van der Waals surface area (Å²) in [6.07, 6.45) is -0.264. The fraction of sp³-hybridized carbons (Fsp3) is 0.500. The predicted octanol–water partition coefficient (Wildman–Crippen LogP) is 0.492. The molecular weight excluding hydrogens is 304 g/mol. The van der Waals surface area contributed by atoms with Crippen LogP contribution in [0, 0.1) is 0 Å². The van der Waals surface area contributed by atoms with E-state index in [1.54, 1.807) is 0 Å². The largest absolute Gasteiger partial charge is 0.376 e. The van der Waals surface area contributed by atoms with Gasteiger partial charge in [0.15, 0.2) is 0 Å². The first-order valence-corrected chi connectivity index (χ1v) is 8.06. The standard InChI is InChI=1S/C12H17ClN2O4S/c13-12-2-1-11(5-9(12)6-14)20(16,17)15-7-10-8-18-3-4-19-10/h1-2,5,10,15H,3-4,6-8,14H2. The molecule has 6 nitrogen and oxygen atoms in total. The van der Waals surface area contributed by atoms with E-state index < -0.39 is 10.0 Å². The molecule has 8 heteroatoms. The zero-order valence-electron chi connectivity index (χ0n) is 10.8. The third-order valence-electron chi connectivity index (χ3n) is 2.93. The fourth-order valence-corrected chi connectivity index (χ4v) is 3.13. The number of ether oxygens (including phenoxy) is 2. The molecule has 1 unspecified atom stereocenters. The summed E-state index contributed by atoms with van der Waals surface area (Å²) in [5, 5.41) is 0.454. The van der Waals surface area contributed by atoms with E-state index in [4.69, 9.17) is 26.8 Å². The highest BCUT2D eigenvalue weighted by Crippen LogP contribution is 2.20. The minimum Gasteiger partial charge on any atom is -0.376 e. The zero-order valence-corrected chi connectivity index (χ0v) is 12.4. The van der Waals surface area contributed by atoms with Gasteiger partial charge in [0.25, 0.3) is 0 Å². The molecule has 1 heterocycles. The van der Waals surface area contributed by atoms with E-state index in [-0.39, 0.29) is 24.1 Å². The van der Waals surface area contributed by atoms with Gasteiger partial charge in [0.05, 0.1) is 30.8 Å². The summed E-state index contributed by atoms with van der Waals surface area (Å²) in [7, 11) is -3.61. The smallest absolute Gasteiger partial charge is 0.240 e. The van der Waals surface area contributed by atoms with Gasteiger partial charge in [0.1, 0.15) is 0 Å². The Labute approximate surface area is 123 Å². The second-order valence-corrected chi connectivity index (χ2v) is 6.55. The second-order valence-electron chi connectivity index (χ2n) is 4.38. The van der Waals surface area contributed by atoms with Crippen molar-refractivity contribution in [2.45, 2.75) is 17.5 Å². The predicted molar refractivity (Wildman–Crippen MR) is 75.1 cm³/mol. The molecule has 1 aromatic rings. The van der Waals surface area contributed by atoms with Crippen LogP contribution in [0.2, 0.25) is 5.02 Å². The lowest BCUT2D eigenvalue weighted by atomic mass is 10.2. The fourth-order valence-electron chi connectivity index (χ4n) is 1.82. The third-order valence-corrected chi connectivity index (χ3v) is 4.72. The molecular formula is C12H17ClN2O4S. The molecule has 0 saturated carbocycles. The van der Waals surface area contributed by atoms with Crippen LogP contribution in [0.1, 0.15) is 5.56 Å². The van der Waals surface area contributed by atoms with Gasteiger partial charge in [-0.25, -0.2) is 13.1 Å². The molecule has 0 bridgehead atoms. The molecule has 0 aromatic heterocycles. The van der Waals surface area contributed by atoms with E-state index in [2.05, 4.69) is 4.72 Å². The number of nitrogens with one attached hydrogen (secondary N) is 1. The van der Waals surface area contributed by atoms with Crippen LogP contribution in [0.15, 0.2) is 23.1 Å². The topological polar surface area (TPSA) is 90.7 Å². The normalized spacial score (nSPS) is 20.0. The Bertz CT molecular complexity index is 559. The van der Waals surface area contributed by atoms with Crippen LogP contribution in [0.4, 0.5) is 0 Å². The molecule has 1 aliphatic heterocycles. The molecule has 1 aromatic carbocycles. The molecule has 20 heavy (non-hydrogen) atoms. The van der Waals surface area contributed by atoms with Crippen molar-refractivity contribution in [3.63, 3.8) is 0 Å². The minimum absolute atomic E-state index is 0.138. The van der Waals surface area contributed by atoms with Crippen LogP contribution in [0.5, 0.6) is 0 Å². The van der Waals surface area contributed by atoms with Crippen molar-refractivity contribution < 1.29 is 17.9 Å². The van der Waals surface area contributed by atoms with Crippen molar-refractivity contribution in [2.24, 2.45) is 5.73 Å². The van der Waals surface area contributed by atoms with Gasteiger partial charge in [-0.3, -0.25) is 0 Å². The molecule has 0 amide bonds. The Morgan fingerprint density at radius 3 is 2.85 bits per heavy atom. The molecule has 1 atom stereocenters. The van der Waals surface area contributed by atoms with E-state index in [0.717, 1.165) is 0 Å². The number of rotatable bonds is 5. The highest BCUT2D eigenvalue weighted by atomic mass is 35.5. The van der Waals surface area contributed by atoms with E-state index in [0.29, 0.717) is 30.4 Å². The van der Waals surface area contributed by atoms with Crippen LogP contribution >= 0.6 is 11.6 Å². The number of halogens is 1. The zero-order chi connectivity index (χ0) is 14.6. The second kappa shape index (κ2) is 6.84. The van der Waals surface area contributed by atoms with Crippen LogP contribution in [0.25, 0.3) is 0 Å². The van der Waals surface area contributed by atoms with Crippen molar-refractivity contribution in [3.8, 4) is 0 Å². The number of hydrogen-bond acceptors (Lipinski definition) is 5. The average Bonchev–Trinajstić information content (AvgIpc) is 2.46.